The zero-order valence-corrected chi connectivity index (χ0v) is 8.05. The van der Waals surface area contributed by atoms with Crippen LogP contribution in [0, 0.1) is 5.41 Å². The molecular weight excluding hydrogens is 156 g/mol. The van der Waals surface area contributed by atoms with E-state index < -0.39 is 0 Å². The number of aliphatic hydroxyl groups excluding tert-OH is 2. The second kappa shape index (κ2) is 6.40. The van der Waals surface area contributed by atoms with Crippen molar-refractivity contribution in [2.75, 3.05) is 26.4 Å². The molecule has 0 amide bonds. The standard InChI is InChI=1S/C9H20O3/c1-3-12-6-4-5-9(2,7-10)8-11/h10-11H,3-8H2,1-2H3. The van der Waals surface area contributed by atoms with Crippen LogP contribution in [0.5, 0.6) is 0 Å². The fourth-order valence-corrected chi connectivity index (χ4v) is 0.953. The zero-order valence-electron chi connectivity index (χ0n) is 8.05. The van der Waals surface area contributed by atoms with E-state index in [-0.39, 0.29) is 18.6 Å². The van der Waals surface area contributed by atoms with Gasteiger partial charge in [0, 0.05) is 18.6 Å². The molecule has 2 N–H and O–H groups in total. The van der Waals surface area contributed by atoms with Crippen LogP contribution >= 0.6 is 0 Å². The molecule has 0 aliphatic carbocycles. The first-order valence-electron chi connectivity index (χ1n) is 4.48. The molecule has 3 heteroatoms. The van der Waals surface area contributed by atoms with Gasteiger partial charge in [-0.1, -0.05) is 6.92 Å². The van der Waals surface area contributed by atoms with Crippen LogP contribution in [0.1, 0.15) is 26.7 Å². The maximum Gasteiger partial charge on any atom is 0.0506 e. The average Bonchev–Trinajstić information content (AvgIpc) is 2.12. The van der Waals surface area contributed by atoms with E-state index in [9.17, 15) is 0 Å². The number of rotatable bonds is 7. The van der Waals surface area contributed by atoms with E-state index in [4.69, 9.17) is 14.9 Å². The molecule has 0 aliphatic rings. The van der Waals surface area contributed by atoms with Gasteiger partial charge in [-0.2, -0.15) is 0 Å². The van der Waals surface area contributed by atoms with Gasteiger partial charge in [0.15, 0.2) is 0 Å². The molecule has 0 aromatic rings. The van der Waals surface area contributed by atoms with E-state index >= 15 is 0 Å². The largest absolute Gasteiger partial charge is 0.396 e. The highest BCUT2D eigenvalue weighted by Gasteiger charge is 2.21. The summed E-state index contributed by atoms with van der Waals surface area (Å²) in [6.07, 6.45) is 1.70. The monoisotopic (exact) mass is 176 g/mol. The smallest absolute Gasteiger partial charge is 0.0506 e. The number of hydrogen-bond acceptors (Lipinski definition) is 3. The number of hydrogen-bond donors (Lipinski definition) is 2. The van der Waals surface area contributed by atoms with Crippen molar-refractivity contribution in [1.82, 2.24) is 0 Å². The molecule has 0 saturated heterocycles. The average molecular weight is 176 g/mol. The first-order valence-corrected chi connectivity index (χ1v) is 4.48. The molecule has 0 heterocycles. The van der Waals surface area contributed by atoms with Crippen LogP contribution in [0.25, 0.3) is 0 Å². The maximum absolute atomic E-state index is 8.94. The third-order valence-electron chi connectivity index (χ3n) is 2.04. The van der Waals surface area contributed by atoms with Crippen molar-refractivity contribution < 1.29 is 14.9 Å². The predicted molar refractivity (Wildman–Crippen MR) is 48.0 cm³/mol. The number of ether oxygens (including phenoxy) is 1. The Balaban J connectivity index is 3.45. The lowest BCUT2D eigenvalue weighted by molar-refractivity contribution is 0.0501. The van der Waals surface area contributed by atoms with Gasteiger partial charge >= 0.3 is 0 Å². The molecule has 0 aliphatic heterocycles. The molecule has 0 fully saturated rings. The van der Waals surface area contributed by atoms with E-state index in [2.05, 4.69) is 0 Å². The van der Waals surface area contributed by atoms with Crippen molar-refractivity contribution in [2.45, 2.75) is 26.7 Å². The Morgan fingerprint density at radius 1 is 1.25 bits per heavy atom. The molecule has 0 unspecified atom stereocenters. The van der Waals surface area contributed by atoms with Crippen molar-refractivity contribution in [3.63, 3.8) is 0 Å². The Labute approximate surface area is 74.4 Å². The predicted octanol–water partition coefficient (Wildman–Crippen LogP) is 0.794. The highest BCUT2D eigenvalue weighted by atomic mass is 16.5. The fraction of sp³-hybridized carbons (Fsp3) is 1.00. The van der Waals surface area contributed by atoms with E-state index in [0.29, 0.717) is 6.61 Å². The van der Waals surface area contributed by atoms with Crippen LogP contribution < -0.4 is 0 Å². The minimum Gasteiger partial charge on any atom is -0.396 e. The third kappa shape index (κ3) is 4.70. The second-order valence-electron chi connectivity index (χ2n) is 3.43. The number of aliphatic hydroxyl groups is 2. The van der Waals surface area contributed by atoms with Gasteiger partial charge < -0.3 is 14.9 Å². The molecule has 0 bridgehead atoms. The lowest BCUT2D eigenvalue weighted by atomic mass is 9.87. The highest BCUT2D eigenvalue weighted by Crippen LogP contribution is 2.21. The van der Waals surface area contributed by atoms with E-state index in [1.807, 2.05) is 13.8 Å². The summed E-state index contributed by atoms with van der Waals surface area (Å²) in [5.41, 5.74) is -0.336. The summed E-state index contributed by atoms with van der Waals surface area (Å²) in [7, 11) is 0. The molecule has 0 rings (SSSR count). The van der Waals surface area contributed by atoms with Crippen LogP contribution in [0.3, 0.4) is 0 Å². The summed E-state index contributed by atoms with van der Waals surface area (Å²) in [6, 6.07) is 0. The summed E-state index contributed by atoms with van der Waals surface area (Å²) in [4.78, 5) is 0. The second-order valence-corrected chi connectivity index (χ2v) is 3.43. The van der Waals surface area contributed by atoms with Gasteiger partial charge in [-0.15, -0.1) is 0 Å². The lowest BCUT2D eigenvalue weighted by Crippen LogP contribution is -2.26. The Hall–Kier alpha value is -0.120. The van der Waals surface area contributed by atoms with Gasteiger partial charge in [0.2, 0.25) is 0 Å². The summed E-state index contributed by atoms with van der Waals surface area (Å²) in [5, 5.41) is 17.9. The minimum absolute atomic E-state index is 0.0373. The van der Waals surface area contributed by atoms with Gasteiger partial charge in [-0.3, -0.25) is 0 Å². The molecule has 0 atom stereocenters. The summed E-state index contributed by atoms with van der Waals surface area (Å²) in [6.45, 7) is 5.35. The molecule has 3 nitrogen and oxygen atoms in total. The molecular formula is C9H20O3. The van der Waals surface area contributed by atoms with Crippen molar-refractivity contribution in [3.8, 4) is 0 Å². The Bertz CT molecular complexity index is 99.9. The van der Waals surface area contributed by atoms with Crippen molar-refractivity contribution >= 4 is 0 Å². The van der Waals surface area contributed by atoms with E-state index in [1.54, 1.807) is 0 Å². The quantitative estimate of drug-likeness (QED) is 0.564. The van der Waals surface area contributed by atoms with Crippen LogP contribution in [0.2, 0.25) is 0 Å². The van der Waals surface area contributed by atoms with Crippen LogP contribution in [0.15, 0.2) is 0 Å². The van der Waals surface area contributed by atoms with Crippen molar-refractivity contribution in [2.24, 2.45) is 5.41 Å². The first kappa shape index (κ1) is 11.9. The van der Waals surface area contributed by atoms with Crippen molar-refractivity contribution in [1.29, 1.82) is 0 Å². The fourth-order valence-electron chi connectivity index (χ4n) is 0.953. The van der Waals surface area contributed by atoms with Gasteiger partial charge in [-0.25, -0.2) is 0 Å². The molecule has 0 spiro atoms. The van der Waals surface area contributed by atoms with Crippen LogP contribution in [0.4, 0.5) is 0 Å². The Morgan fingerprint density at radius 3 is 2.25 bits per heavy atom. The normalized spacial score (nSPS) is 12.0. The lowest BCUT2D eigenvalue weighted by Gasteiger charge is -2.24. The molecule has 0 saturated carbocycles. The van der Waals surface area contributed by atoms with Crippen LogP contribution in [-0.4, -0.2) is 36.6 Å². The molecule has 0 radical (unpaired) electrons. The molecule has 74 valence electrons. The minimum atomic E-state index is -0.336. The summed E-state index contributed by atoms with van der Waals surface area (Å²) < 4.78 is 5.15. The van der Waals surface area contributed by atoms with Gasteiger partial charge in [0.05, 0.1) is 13.2 Å². The highest BCUT2D eigenvalue weighted by molar-refractivity contribution is 4.71. The SMILES string of the molecule is CCOCCCC(C)(CO)CO. The van der Waals surface area contributed by atoms with Gasteiger partial charge in [0.1, 0.15) is 0 Å². The molecule has 0 aromatic carbocycles. The Kier molecular flexibility index (Phi) is 6.34. The maximum atomic E-state index is 8.94. The third-order valence-corrected chi connectivity index (χ3v) is 2.04. The topological polar surface area (TPSA) is 49.7 Å². The zero-order chi connectivity index (χ0) is 9.45. The van der Waals surface area contributed by atoms with Crippen molar-refractivity contribution in [3.05, 3.63) is 0 Å². The summed E-state index contributed by atoms with van der Waals surface area (Å²) >= 11 is 0. The molecule has 12 heavy (non-hydrogen) atoms. The first-order chi connectivity index (χ1) is 5.68. The Morgan fingerprint density at radius 2 is 1.83 bits per heavy atom. The summed E-state index contributed by atoms with van der Waals surface area (Å²) in [5.74, 6) is 0. The van der Waals surface area contributed by atoms with Crippen LogP contribution in [-0.2, 0) is 4.74 Å². The molecule has 0 aromatic heterocycles. The van der Waals surface area contributed by atoms with Gasteiger partial charge in [0.25, 0.3) is 0 Å². The van der Waals surface area contributed by atoms with Gasteiger partial charge in [-0.05, 0) is 19.8 Å². The van der Waals surface area contributed by atoms with E-state index in [0.717, 1.165) is 19.4 Å². The van der Waals surface area contributed by atoms with E-state index in [1.165, 1.54) is 0 Å².